The van der Waals surface area contributed by atoms with Crippen LogP contribution < -0.4 is 9.88 Å². The summed E-state index contributed by atoms with van der Waals surface area (Å²) in [4.78, 5) is 18.3. The first-order valence-electron chi connectivity index (χ1n) is 14.2. The number of nitrogens with zero attached hydrogens (tertiary/aromatic N) is 2. The number of rotatable bonds is 5. The van der Waals surface area contributed by atoms with Crippen molar-refractivity contribution in [1.82, 2.24) is 10.3 Å². The summed E-state index contributed by atoms with van der Waals surface area (Å²) in [5.41, 5.74) is 10.3. The van der Waals surface area contributed by atoms with Crippen LogP contribution in [0.4, 0.5) is 0 Å². The minimum Gasteiger partial charge on any atom is -0.368 e. The van der Waals surface area contributed by atoms with Gasteiger partial charge in [0.05, 0.1) is 0 Å². The summed E-state index contributed by atoms with van der Waals surface area (Å²) in [7, 11) is 0. The molecule has 7 rings (SSSR count). The molecule has 3 heterocycles. The van der Waals surface area contributed by atoms with Crippen molar-refractivity contribution in [2.45, 2.75) is 0 Å². The van der Waals surface area contributed by atoms with Crippen molar-refractivity contribution < 1.29 is 9.36 Å². The summed E-state index contributed by atoms with van der Waals surface area (Å²) < 4.78 is 2.28. The van der Waals surface area contributed by atoms with E-state index in [1.54, 1.807) is 12.4 Å². The fourth-order valence-electron chi connectivity index (χ4n) is 5.58. The Kier molecular flexibility index (Phi) is 7.00. The number of nitrogens with one attached hydrogen (secondary N) is 1. The largest absolute Gasteiger partial charge is 0.368 e. The number of Topliss-reactive ketones (excluding diaryl/α,β-unsaturated/α-hetero) is 1. The quantitative estimate of drug-likeness (QED) is 0.178. The molecule has 1 aliphatic carbocycles. The summed E-state index contributed by atoms with van der Waals surface area (Å²) >= 11 is 0. The van der Waals surface area contributed by atoms with E-state index in [0.29, 0.717) is 11.1 Å². The van der Waals surface area contributed by atoms with E-state index >= 15 is 0 Å². The smallest absolute Gasteiger partial charge is 0.219 e. The lowest BCUT2D eigenvalue weighted by molar-refractivity contribution is -0.554. The maximum atomic E-state index is 14.1. The summed E-state index contributed by atoms with van der Waals surface area (Å²) in [5.74, 6) is -0.0230. The third-order valence-corrected chi connectivity index (χ3v) is 7.66. The molecule has 0 spiro atoms. The van der Waals surface area contributed by atoms with Crippen molar-refractivity contribution in [2.24, 2.45) is 0 Å². The third kappa shape index (κ3) is 5.18. The molecule has 2 aliphatic rings. The van der Waals surface area contributed by atoms with E-state index < -0.39 is 0 Å². The molecule has 0 saturated carbocycles. The molecule has 0 atom stereocenters. The summed E-state index contributed by atoms with van der Waals surface area (Å²) in [5, 5.41) is 3.08. The standard InChI is InChI=1S/C39H27N3O/c43-39-35(29-16-20-40-21-17-29)26-34(27-36(39)30-18-22-41-23-19-30)42-37(31-12-6-2-7-13-31)24-33(28-10-4-1-5-11-28)25-38(42)32-14-8-3-9-15-32/h1-27H/p+1. The van der Waals surface area contributed by atoms with Crippen LogP contribution in [0.15, 0.2) is 176 Å². The van der Waals surface area contributed by atoms with Gasteiger partial charge in [0.15, 0.2) is 5.78 Å². The molecule has 2 aromatic heterocycles. The van der Waals surface area contributed by atoms with Crippen molar-refractivity contribution in [3.05, 3.63) is 181 Å². The molecule has 1 aliphatic heterocycles. The second kappa shape index (κ2) is 11.6. The van der Waals surface area contributed by atoms with Crippen molar-refractivity contribution in [3.63, 3.8) is 0 Å². The Morgan fingerprint density at radius 3 is 1.65 bits per heavy atom. The van der Waals surface area contributed by atoms with Gasteiger partial charge >= 0.3 is 0 Å². The highest BCUT2D eigenvalue weighted by atomic mass is 16.1. The normalized spacial score (nSPS) is 14.3. The topological polar surface area (TPSA) is 45.9 Å². The number of ketones is 1. The van der Waals surface area contributed by atoms with E-state index in [4.69, 9.17) is 0 Å². The molecule has 3 aromatic carbocycles. The fraction of sp³-hybridized carbons (Fsp3) is 0. The Labute approximate surface area is 251 Å². The molecule has 0 unspecified atom stereocenters. The number of carbonyl (C=O) groups is 1. The monoisotopic (exact) mass is 554 g/mol. The highest BCUT2D eigenvalue weighted by Crippen LogP contribution is 2.34. The van der Waals surface area contributed by atoms with E-state index in [0.717, 1.165) is 50.5 Å². The molecule has 0 radical (unpaired) electrons. The lowest BCUT2D eigenvalue weighted by Gasteiger charge is -2.18. The van der Waals surface area contributed by atoms with Crippen LogP contribution in [-0.2, 0) is 4.79 Å². The number of aromatic nitrogens is 2. The van der Waals surface area contributed by atoms with Crippen LogP contribution in [0.3, 0.4) is 0 Å². The first-order valence-corrected chi connectivity index (χ1v) is 14.2. The van der Waals surface area contributed by atoms with Gasteiger partial charge in [0.1, 0.15) is 0 Å². The number of hydrogen-bond acceptors (Lipinski definition) is 3. The molecule has 5 aromatic rings. The molecule has 0 bridgehead atoms. The van der Waals surface area contributed by atoms with Crippen molar-refractivity contribution in [2.75, 3.05) is 0 Å². The van der Waals surface area contributed by atoms with Gasteiger partial charge in [0, 0.05) is 71.4 Å². The van der Waals surface area contributed by atoms with Gasteiger partial charge in [-0.25, -0.2) is 0 Å². The first-order chi connectivity index (χ1) is 21.3. The zero-order valence-electron chi connectivity index (χ0n) is 23.4. The predicted octanol–water partition coefficient (Wildman–Crippen LogP) is 7.80. The van der Waals surface area contributed by atoms with Crippen LogP contribution in [0.5, 0.6) is 0 Å². The second-order valence-electron chi connectivity index (χ2n) is 10.3. The van der Waals surface area contributed by atoms with Crippen molar-refractivity contribution in [1.29, 1.82) is 0 Å². The van der Waals surface area contributed by atoms with Gasteiger partial charge in [-0.3, -0.25) is 9.78 Å². The Morgan fingerprint density at radius 2 is 1.09 bits per heavy atom. The number of dihydropyridines is 1. The molecule has 43 heavy (non-hydrogen) atoms. The molecule has 4 nitrogen and oxygen atoms in total. The zero-order chi connectivity index (χ0) is 29.0. The maximum absolute atomic E-state index is 14.1. The molecule has 1 N–H and O–H groups in total. The van der Waals surface area contributed by atoms with Gasteiger partial charge in [-0.15, -0.1) is 0 Å². The van der Waals surface area contributed by atoms with Crippen LogP contribution in [0.2, 0.25) is 0 Å². The van der Waals surface area contributed by atoms with Gasteiger partial charge in [-0.2, -0.15) is 4.57 Å². The van der Waals surface area contributed by atoms with E-state index in [2.05, 4.69) is 99.8 Å². The lowest BCUT2D eigenvalue weighted by Crippen LogP contribution is -2.38. The Hall–Kier alpha value is -5.87. The first kappa shape index (κ1) is 26.1. The fourth-order valence-corrected chi connectivity index (χ4v) is 5.58. The summed E-state index contributed by atoms with van der Waals surface area (Å²) in [6.07, 6.45) is 15.1. The highest BCUT2D eigenvalue weighted by Gasteiger charge is 2.32. The zero-order valence-corrected chi connectivity index (χ0v) is 23.4. The number of carbonyl (C=O) groups excluding carboxylic acids is 1. The number of hydrogen-bond donors (Lipinski definition) is 1. The van der Waals surface area contributed by atoms with E-state index in [1.165, 1.54) is 0 Å². The average Bonchev–Trinajstić information content (AvgIpc) is 3.10. The molecule has 0 saturated heterocycles. The highest BCUT2D eigenvalue weighted by molar-refractivity contribution is 6.33. The van der Waals surface area contributed by atoms with Crippen molar-refractivity contribution in [3.8, 4) is 33.6 Å². The third-order valence-electron chi connectivity index (χ3n) is 7.66. The minimum atomic E-state index is -0.0230. The number of benzene rings is 3. The van der Waals surface area contributed by atoms with Crippen LogP contribution in [0.1, 0.15) is 5.56 Å². The average molecular weight is 555 g/mol. The van der Waals surface area contributed by atoms with Gasteiger partial charge in [0.25, 0.3) is 0 Å². The van der Waals surface area contributed by atoms with Crippen LogP contribution in [0, 0.1) is 0 Å². The molecular weight excluding hydrogens is 526 g/mol. The van der Waals surface area contributed by atoms with E-state index in [1.807, 2.05) is 67.0 Å². The summed E-state index contributed by atoms with van der Waals surface area (Å²) in [6, 6.07) is 39.6. The van der Waals surface area contributed by atoms with Gasteiger partial charge < -0.3 is 5.32 Å². The van der Waals surface area contributed by atoms with E-state index in [-0.39, 0.29) is 5.78 Å². The predicted molar refractivity (Wildman–Crippen MR) is 173 cm³/mol. The molecule has 4 heteroatoms. The van der Waals surface area contributed by atoms with Gasteiger partial charge in [-0.05, 0) is 70.8 Å². The second-order valence-corrected chi connectivity index (χ2v) is 10.3. The van der Waals surface area contributed by atoms with Crippen LogP contribution >= 0.6 is 0 Å². The summed E-state index contributed by atoms with van der Waals surface area (Å²) in [6.45, 7) is 0. The van der Waals surface area contributed by atoms with Gasteiger partial charge in [0.2, 0.25) is 17.1 Å². The number of pyridine rings is 2. The number of allylic oxidation sites excluding steroid dienone is 8. The van der Waals surface area contributed by atoms with Crippen LogP contribution in [-0.4, -0.2) is 10.8 Å². The molecule has 204 valence electrons. The Bertz CT molecular complexity index is 1890. The Morgan fingerprint density at radius 1 is 0.558 bits per heavy atom. The maximum Gasteiger partial charge on any atom is 0.219 e. The molecule has 0 amide bonds. The molecule has 0 fully saturated rings. The van der Waals surface area contributed by atoms with Gasteiger partial charge in [-0.1, -0.05) is 66.7 Å². The molecular formula is C39H28N3O+. The minimum absolute atomic E-state index is 0.0230. The lowest BCUT2D eigenvalue weighted by atomic mass is 9.88. The van der Waals surface area contributed by atoms with Crippen LogP contribution in [0.25, 0.3) is 44.9 Å². The SMILES string of the molecule is O=C1C(c2ccncc2)=CC([n+]2c(-c3ccccc3)cc(-c3ccccc3)cc2-c2ccccc2)=CC1=C1C=CNC=C1. The Balaban J connectivity index is 1.58. The van der Waals surface area contributed by atoms with Crippen molar-refractivity contribution >= 4 is 17.1 Å². The van der Waals surface area contributed by atoms with E-state index in [9.17, 15) is 4.79 Å².